The standard InChI is InChI=1S/C17H20FNO2/c1-10-7-13(8-11(2)17(10)21-4)16(19)12-5-6-15(20-3)14(18)9-12/h5-9,16H,19H2,1-4H3. The summed E-state index contributed by atoms with van der Waals surface area (Å²) in [6.07, 6.45) is 0. The molecule has 2 rings (SSSR count). The van der Waals surface area contributed by atoms with Gasteiger partial charge in [0.05, 0.1) is 20.3 Å². The molecule has 2 aromatic carbocycles. The maximum Gasteiger partial charge on any atom is 0.165 e. The number of methoxy groups -OCH3 is 2. The zero-order valence-corrected chi connectivity index (χ0v) is 12.7. The van der Waals surface area contributed by atoms with Crippen LogP contribution in [0.4, 0.5) is 4.39 Å². The van der Waals surface area contributed by atoms with Crippen molar-refractivity contribution in [3.05, 3.63) is 58.4 Å². The Hall–Kier alpha value is -2.07. The normalized spacial score (nSPS) is 12.1. The Bertz CT molecular complexity index is 632. The zero-order valence-electron chi connectivity index (χ0n) is 12.7. The molecule has 21 heavy (non-hydrogen) atoms. The molecule has 0 aliphatic carbocycles. The van der Waals surface area contributed by atoms with E-state index in [4.69, 9.17) is 15.2 Å². The molecule has 0 spiro atoms. The number of halogens is 1. The van der Waals surface area contributed by atoms with Crippen LogP contribution >= 0.6 is 0 Å². The highest BCUT2D eigenvalue weighted by Gasteiger charge is 2.15. The second-order valence-electron chi connectivity index (χ2n) is 5.06. The lowest BCUT2D eigenvalue weighted by atomic mass is 9.95. The van der Waals surface area contributed by atoms with Gasteiger partial charge in [-0.15, -0.1) is 0 Å². The fraction of sp³-hybridized carbons (Fsp3) is 0.294. The van der Waals surface area contributed by atoms with Gasteiger partial charge in [-0.2, -0.15) is 0 Å². The summed E-state index contributed by atoms with van der Waals surface area (Å²) < 4.78 is 24.1. The number of ether oxygens (including phenoxy) is 2. The predicted molar refractivity (Wildman–Crippen MR) is 81.5 cm³/mol. The van der Waals surface area contributed by atoms with Crippen molar-refractivity contribution in [2.24, 2.45) is 5.73 Å². The summed E-state index contributed by atoms with van der Waals surface area (Å²) in [6, 6.07) is 8.33. The Kier molecular flexibility index (Phi) is 4.48. The predicted octanol–water partition coefficient (Wildman–Crippen LogP) is 3.51. The number of benzene rings is 2. The van der Waals surface area contributed by atoms with E-state index in [1.807, 2.05) is 26.0 Å². The van der Waals surface area contributed by atoms with E-state index in [-0.39, 0.29) is 5.75 Å². The topological polar surface area (TPSA) is 44.5 Å². The van der Waals surface area contributed by atoms with Crippen LogP contribution in [0.15, 0.2) is 30.3 Å². The van der Waals surface area contributed by atoms with E-state index in [1.54, 1.807) is 19.2 Å². The summed E-state index contributed by atoms with van der Waals surface area (Å²) in [5.74, 6) is 0.660. The molecule has 0 radical (unpaired) electrons. The van der Waals surface area contributed by atoms with Crippen molar-refractivity contribution >= 4 is 0 Å². The molecule has 0 saturated heterocycles. The molecule has 0 saturated carbocycles. The molecule has 1 unspecified atom stereocenters. The van der Waals surface area contributed by atoms with E-state index in [9.17, 15) is 4.39 Å². The Morgan fingerprint density at radius 3 is 2.05 bits per heavy atom. The summed E-state index contributed by atoms with van der Waals surface area (Å²) in [5, 5.41) is 0. The molecule has 0 aliphatic rings. The van der Waals surface area contributed by atoms with Crippen LogP contribution in [0.25, 0.3) is 0 Å². The third kappa shape index (κ3) is 3.00. The van der Waals surface area contributed by atoms with Gasteiger partial charge in [-0.3, -0.25) is 0 Å². The molecule has 2 N–H and O–H groups in total. The third-order valence-electron chi connectivity index (χ3n) is 3.58. The lowest BCUT2D eigenvalue weighted by Gasteiger charge is -2.17. The van der Waals surface area contributed by atoms with Crippen LogP contribution in [-0.2, 0) is 0 Å². The second kappa shape index (κ2) is 6.14. The number of rotatable bonds is 4. The fourth-order valence-electron chi connectivity index (χ4n) is 2.55. The number of nitrogens with two attached hydrogens (primary N) is 1. The SMILES string of the molecule is COc1ccc(C(N)c2cc(C)c(OC)c(C)c2)cc1F. The van der Waals surface area contributed by atoms with Crippen molar-refractivity contribution in [3.8, 4) is 11.5 Å². The maximum atomic E-state index is 13.8. The lowest BCUT2D eigenvalue weighted by molar-refractivity contribution is 0.386. The molecule has 0 heterocycles. The fourth-order valence-corrected chi connectivity index (χ4v) is 2.55. The van der Waals surface area contributed by atoms with E-state index < -0.39 is 11.9 Å². The monoisotopic (exact) mass is 289 g/mol. The maximum absolute atomic E-state index is 13.8. The summed E-state index contributed by atoms with van der Waals surface area (Å²) in [4.78, 5) is 0. The molecule has 0 fully saturated rings. The van der Waals surface area contributed by atoms with Gasteiger partial charge in [0.15, 0.2) is 11.6 Å². The highest BCUT2D eigenvalue weighted by Crippen LogP contribution is 2.30. The average Bonchev–Trinajstić information content (AvgIpc) is 2.46. The Balaban J connectivity index is 2.40. The zero-order chi connectivity index (χ0) is 15.6. The summed E-state index contributed by atoms with van der Waals surface area (Å²) in [5.41, 5.74) is 9.91. The van der Waals surface area contributed by atoms with Crippen LogP contribution in [0.3, 0.4) is 0 Å². The quantitative estimate of drug-likeness (QED) is 0.936. The van der Waals surface area contributed by atoms with E-state index >= 15 is 0 Å². The largest absolute Gasteiger partial charge is 0.496 e. The van der Waals surface area contributed by atoms with Gasteiger partial charge >= 0.3 is 0 Å². The summed E-state index contributed by atoms with van der Waals surface area (Å²) >= 11 is 0. The third-order valence-corrected chi connectivity index (χ3v) is 3.58. The summed E-state index contributed by atoms with van der Waals surface area (Å²) in [7, 11) is 3.09. The first kappa shape index (κ1) is 15.3. The van der Waals surface area contributed by atoms with Crippen molar-refractivity contribution < 1.29 is 13.9 Å². The minimum Gasteiger partial charge on any atom is -0.496 e. The van der Waals surface area contributed by atoms with Crippen LogP contribution < -0.4 is 15.2 Å². The van der Waals surface area contributed by atoms with Gasteiger partial charge in [-0.05, 0) is 48.2 Å². The van der Waals surface area contributed by atoms with Crippen molar-refractivity contribution in [1.29, 1.82) is 0 Å². The first-order valence-corrected chi connectivity index (χ1v) is 6.72. The Labute approximate surface area is 124 Å². The summed E-state index contributed by atoms with van der Waals surface area (Å²) in [6.45, 7) is 3.94. The number of aryl methyl sites for hydroxylation is 2. The van der Waals surface area contributed by atoms with Crippen molar-refractivity contribution in [3.63, 3.8) is 0 Å². The van der Waals surface area contributed by atoms with E-state index in [1.165, 1.54) is 13.2 Å². The van der Waals surface area contributed by atoms with Gasteiger partial charge < -0.3 is 15.2 Å². The van der Waals surface area contributed by atoms with Crippen molar-refractivity contribution in [2.45, 2.75) is 19.9 Å². The lowest BCUT2D eigenvalue weighted by Crippen LogP contribution is -2.13. The minimum absolute atomic E-state index is 0.216. The Morgan fingerprint density at radius 2 is 1.57 bits per heavy atom. The van der Waals surface area contributed by atoms with Gasteiger partial charge in [0.1, 0.15) is 5.75 Å². The average molecular weight is 289 g/mol. The van der Waals surface area contributed by atoms with Gasteiger partial charge in [0.25, 0.3) is 0 Å². The molecule has 2 aromatic rings. The van der Waals surface area contributed by atoms with E-state index in [0.29, 0.717) is 5.56 Å². The smallest absolute Gasteiger partial charge is 0.165 e. The second-order valence-corrected chi connectivity index (χ2v) is 5.06. The minimum atomic E-state index is -0.410. The van der Waals surface area contributed by atoms with Crippen molar-refractivity contribution in [2.75, 3.05) is 14.2 Å². The van der Waals surface area contributed by atoms with Gasteiger partial charge in [0, 0.05) is 0 Å². The highest BCUT2D eigenvalue weighted by atomic mass is 19.1. The molecule has 0 aliphatic heterocycles. The molecule has 4 heteroatoms. The van der Waals surface area contributed by atoms with Gasteiger partial charge in [-0.25, -0.2) is 4.39 Å². The molecular formula is C17H20FNO2. The van der Waals surface area contributed by atoms with Gasteiger partial charge in [-0.1, -0.05) is 18.2 Å². The number of hydrogen-bond acceptors (Lipinski definition) is 3. The highest BCUT2D eigenvalue weighted by molar-refractivity contribution is 5.46. The van der Waals surface area contributed by atoms with Crippen LogP contribution in [0, 0.1) is 19.7 Å². The molecular weight excluding hydrogens is 269 g/mol. The first-order chi connectivity index (χ1) is 9.97. The van der Waals surface area contributed by atoms with Crippen LogP contribution in [0.2, 0.25) is 0 Å². The molecule has 0 amide bonds. The van der Waals surface area contributed by atoms with E-state index in [2.05, 4.69) is 0 Å². The molecule has 112 valence electrons. The number of hydrogen-bond donors (Lipinski definition) is 1. The van der Waals surface area contributed by atoms with Gasteiger partial charge in [0.2, 0.25) is 0 Å². The van der Waals surface area contributed by atoms with Crippen LogP contribution in [-0.4, -0.2) is 14.2 Å². The Morgan fingerprint density at radius 1 is 0.952 bits per heavy atom. The first-order valence-electron chi connectivity index (χ1n) is 6.72. The van der Waals surface area contributed by atoms with Crippen LogP contribution in [0.1, 0.15) is 28.3 Å². The van der Waals surface area contributed by atoms with Crippen molar-refractivity contribution in [1.82, 2.24) is 0 Å². The van der Waals surface area contributed by atoms with Crippen LogP contribution in [0.5, 0.6) is 11.5 Å². The molecule has 0 aromatic heterocycles. The molecule has 0 bridgehead atoms. The molecule has 1 atom stereocenters. The van der Waals surface area contributed by atoms with E-state index in [0.717, 1.165) is 22.4 Å². The molecule has 3 nitrogen and oxygen atoms in total.